The first-order chi connectivity index (χ1) is 8.30. The van der Waals surface area contributed by atoms with Gasteiger partial charge in [0.2, 0.25) is 0 Å². The van der Waals surface area contributed by atoms with Gasteiger partial charge in [0, 0.05) is 11.3 Å². The lowest BCUT2D eigenvalue weighted by atomic mass is 10.2. The van der Waals surface area contributed by atoms with E-state index in [9.17, 15) is 4.79 Å². The average Bonchev–Trinajstić information content (AvgIpc) is 2.81. The van der Waals surface area contributed by atoms with Crippen LogP contribution in [0.2, 0.25) is 0 Å². The Morgan fingerprint density at radius 3 is 2.65 bits per heavy atom. The lowest BCUT2D eigenvalue weighted by Crippen LogP contribution is -2.04. The number of aryl methyl sites for hydroxylation is 2. The van der Waals surface area contributed by atoms with E-state index >= 15 is 0 Å². The number of hydrogen-bond acceptors (Lipinski definition) is 2. The topological polar surface area (TPSA) is 34.9 Å². The maximum Gasteiger partial charge on any atom is 0.152 e. The summed E-state index contributed by atoms with van der Waals surface area (Å²) >= 11 is 0. The zero-order valence-corrected chi connectivity index (χ0v) is 10.2. The second-order valence-electron chi connectivity index (χ2n) is 3.92. The highest BCUT2D eigenvalue weighted by molar-refractivity contribution is 5.80. The predicted octanol–water partition coefficient (Wildman–Crippen LogP) is 2.81. The summed E-state index contributed by atoms with van der Waals surface area (Å²) in [5.74, 6) is 0. The molecule has 3 nitrogen and oxygen atoms in total. The van der Waals surface area contributed by atoms with Crippen LogP contribution in [-0.4, -0.2) is 16.1 Å². The maximum absolute atomic E-state index is 11.0. The van der Waals surface area contributed by atoms with Gasteiger partial charge in [0.1, 0.15) is 0 Å². The molecule has 0 aliphatic carbocycles. The number of aromatic nitrogens is 2. The minimum Gasteiger partial charge on any atom is -0.298 e. The van der Waals surface area contributed by atoms with E-state index < -0.39 is 0 Å². The molecule has 0 bridgehead atoms. The molecule has 0 fully saturated rings. The second kappa shape index (κ2) is 4.95. The van der Waals surface area contributed by atoms with Gasteiger partial charge in [0.05, 0.1) is 11.4 Å². The Balaban J connectivity index is 2.58. The Labute approximate surface area is 101 Å². The molecule has 17 heavy (non-hydrogen) atoms. The number of nitrogens with zero attached hydrogens (tertiary/aromatic N) is 2. The fraction of sp³-hybridized carbons (Fsp3) is 0.286. The first kappa shape index (κ1) is 11.6. The van der Waals surface area contributed by atoms with E-state index in [0.29, 0.717) is 5.56 Å². The molecule has 1 aromatic carbocycles. The number of carbonyl (C=O) groups is 1. The van der Waals surface area contributed by atoms with Crippen molar-refractivity contribution in [2.45, 2.75) is 26.7 Å². The van der Waals surface area contributed by atoms with Crippen LogP contribution >= 0.6 is 0 Å². The molecule has 88 valence electrons. The molecule has 0 aliphatic heterocycles. The van der Waals surface area contributed by atoms with Crippen molar-refractivity contribution >= 4 is 6.29 Å². The Kier molecular flexibility index (Phi) is 3.38. The number of para-hydroxylation sites is 1. The molecule has 2 aromatic rings. The molecule has 1 aromatic heterocycles. The van der Waals surface area contributed by atoms with Crippen LogP contribution in [0.1, 0.15) is 35.6 Å². The average molecular weight is 228 g/mol. The first-order valence-electron chi connectivity index (χ1n) is 5.92. The van der Waals surface area contributed by atoms with E-state index in [2.05, 4.69) is 25.0 Å². The molecule has 0 atom stereocenters. The third kappa shape index (κ3) is 2.13. The summed E-state index contributed by atoms with van der Waals surface area (Å²) in [6.45, 7) is 4.17. The molecule has 0 spiro atoms. The van der Waals surface area contributed by atoms with Gasteiger partial charge >= 0.3 is 0 Å². The molecular weight excluding hydrogens is 212 g/mol. The third-order valence-corrected chi connectivity index (χ3v) is 2.85. The molecule has 0 saturated heterocycles. The summed E-state index contributed by atoms with van der Waals surface area (Å²) < 4.78 is 1.88. The highest BCUT2D eigenvalue weighted by Gasteiger charge is 2.10. The highest BCUT2D eigenvalue weighted by atomic mass is 16.1. The molecule has 0 radical (unpaired) electrons. The van der Waals surface area contributed by atoms with Gasteiger partial charge in [-0.2, -0.15) is 5.10 Å². The standard InChI is InChI=1S/C14H16N2O/c1-3-12-9-13(4-2)16(15-12)14-8-6-5-7-11(14)10-17/h5-10H,3-4H2,1-2H3. The molecule has 2 rings (SSSR count). The van der Waals surface area contributed by atoms with Gasteiger partial charge in [0.25, 0.3) is 0 Å². The van der Waals surface area contributed by atoms with Gasteiger partial charge in [-0.25, -0.2) is 4.68 Å². The number of rotatable bonds is 4. The summed E-state index contributed by atoms with van der Waals surface area (Å²) in [6, 6.07) is 9.63. The van der Waals surface area contributed by atoms with Crippen LogP contribution in [0.5, 0.6) is 0 Å². The van der Waals surface area contributed by atoms with Crippen LogP contribution in [0.25, 0.3) is 5.69 Å². The normalized spacial score (nSPS) is 10.5. The molecule has 0 aliphatic rings. The van der Waals surface area contributed by atoms with Crippen LogP contribution in [-0.2, 0) is 12.8 Å². The van der Waals surface area contributed by atoms with E-state index in [1.807, 2.05) is 28.9 Å². The molecule has 0 amide bonds. The van der Waals surface area contributed by atoms with Crippen LogP contribution in [0.4, 0.5) is 0 Å². The lowest BCUT2D eigenvalue weighted by Gasteiger charge is -2.07. The van der Waals surface area contributed by atoms with Crippen molar-refractivity contribution in [3.63, 3.8) is 0 Å². The smallest absolute Gasteiger partial charge is 0.152 e. The summed E-state index contributed by atoms with van der Waals surface area (Å²) in [6.07, 6.45) is 2.69. The van der Waals surface area contributed by atoms with Crippen LogP contribution < -0.4 is 0 Å². The summed E-state index contributed by atoms with van der Waals surface area (Å²) in [4.78, 5) is 11.0. The van der Waals surface area contributed by atoms with Gasteiger partial charge in [-0.3, -0.25) is 4.79 Å². The lowest BCUT2D eigenvalue weighted by molar-refractivity contribution is 0.112. The molecule has 3 heteroatoms. The predicted molar refractivity (Wildman–Crippen MR) is 67.7 cm³/mol. The third-order valence-electron chi connectivity index (χ3n) is 2.85. The summed E-state index contributed by atoms with van der Waals surface area (Å²) in [5.41, 5.74) is 3.73. The maximum atomic E-state index is 11.0. The van der Waals surface area contributed by atoms with E-state index in [1.165, 1.54) is 0 Å². The van der Waals surface area contributed by atoms with E-state index in [0.717, 1.165) is 36.2 Å². The largest absolute Gasteiger partial charge is 0.298 e. The number of carbonyl (C=O) groups excluding carboxylic acids is 1. The fourth-order valence-electron chi connectivity index (χ4n) is 1.89. The van der Waals surface area contributed by atoms with Crippen LogP contribution in [0, 0.1) is 0 Å². The van der Waals surface area contributed by atoms with Crippen LogP contribution in [0.3, 0.4) is 0 Å². The summed E-state index contributed by atoms with van der Waals surface area (Å²) in [7, 11) is 0. The second-order valence-corrected chi connectivity index (χ2v) is 3.92. The zero-order chi connectivity index (χ0) is 12.3. The van der Waals surface area contributed by atoms with Crippen molar-refractivity contribution in [2.24, 2.45) is 0 Å². The van der Waals surface area contributed by atoms with Crippen molar-refractivity contribution in [3.05, 3.63) is 47.3 Å². The van der Waals surface area contributed by atoms with E-state index in [-0.39, 0.29) is 0 Å². The van der Waals surface area contributed by atoms with Crippen molar-refractivity contribution in [1.29, 1.82) is 0 Å². The number of benzene rings is 1. The monoisotopic (exact) mass is 228 g/mol. The SMILES string of the molecule is CCc1cc(CC)n(-c2ccccc2C=O)n1. The number of aldehydes is 1. The number of hydrogen-bond donors (Lipinski definition) is 0. The van der Waals surface area contributed by atoms with Crippen molar-refractivity contribution in [1.82, 2.24) is 9.78 Å². The Morgan fingerprint density at radius 2 is 2.00 bits per heavy atom. The van der Waals surface area contributed by atoms with E-state index in [4.69, 9.17) is 0 Å². The van der Waals surface area contributed by atoms with Crippen molar-refractivity contribution < 1.29 is 4.79 Å². The zero-order valence-electron chi connectivity index (χ0n) is 10.2. The van der Waals surface area contributed by atoms with Gasteiger partial charge < -0.3 is 0 Å². The minimum absolute atomic E-state index is 0.674. The molecule has 1 heterocycles. The van der Waals surface area contributed by atoms with Gasteiger partial charge in [-0.1, -0.05) is 26.0 Å². The Bertz CT molecular complexity index is 529. The highest BCUT2D eigenvalue weighted by Crippen LogP contribution is 2.16. The minimum atomic E-state index is 0.674. The Hall–Kier alpha value is -1.90. The summed E-state index contributed by atoms with van der Waals surface area (Å²) in [5, 5.41) is 4.54. The molecule has 0 unspecified atom stereocenters. The fourth-order valence-corrected chi connectivity index (χ4v) is 1.89. The van der Waals surface area contributed by atoms with E-state index in [1.54, 1.807) is 0 Å². The van der Waals surface area contributed by atoms with Gasteiger partial charge in [-0.15, -0.1) is 0 Å². The first-order valence-corrected chi connectivity index (χ1v) is 5.92. The van der Waals surface area contributed by atoms with Crippen molar-refractivity contribution in [3.8, 4) is 5.69 Å². The van der Waals surface area contributed by atoms with Crippen molar-refractivity contribution in [2.75, 3.05) is 0 Å². The quantitative estimate of drug-likeness (QED) is 0.754. The van der Waals surface area contributed by atoms with Crippen LogP contribution in [0.15, 0.2) is 30.3 Å². The van der Waals surface area contributed by atoms with Gasteiger partial charge in [-0.05, 0) is 31.0 Å². The molecular formula is C14H16N2O. The Morgan fingerprint density at radius 1 is 1.24 bits per heavy atom. The molecule has 0 saturated carbocycles. The van der Waals surface area contributed by atoms with Gasteiger partial charge in [0.15, 0.2) is 6.29 Å². The molecule has 0 N–H and O–H groups in total.